The molecule has 0 aromatic heterocycles. The fourth-order valence-electron chi connectivity index (χ4n) is 5.40. The lowest BCUT2D eigenvalue weighted by Gasteiger charge is -2.33. The summed E-state index contributed by atoms with van der Waals surface area (Å²) in [5.74, 6) is 1.04. The van der Waals surface area contributed by atoms with Crippen LogP contribution in [-0.2, 0) is 9.59 Å². The quantitative estimate of drug-likeness (QED) is 0.595. The van der Waals surface area contributed by atoms with Crippen LogP contribution in [0.2, 0.25) is 0 Å². The molecule has 0 saturated carbocycles. The predicted molar refractivity (Wildman–Crippen MR) is 135 cm³/mol. The van der Waals surface area contributed by atoms with Gasteiger partial charge in [0, 0.05) is 30.5 Å². The van der Waals surface area contributed by atoms with Crippen molar-refractivity contribution >= 4 is 17.4 Å². The fourth-order valence-corrected chi connectivity index (χ4v) is 5.40. The molecule has 1 saturated heterocycles. The second-order valence-electron chi connectivity index (χ2n) is 11.0. The summed E-state index contributed by atoms with van der Waals surface area (Å²) in [6.45, 7) is 9.23. The van der Waals surface area contributed by atoms with Gasteiger partial charge in [-0.1, -0.05) is 69.3 Å². The first-order valence-corrected chi connectivity index (χ1v) is 12.5. The van der Waals surface area contributed by atoms with Gasteiger partial charge in [-0.05, 0) is 61.4 Å². The summed E-state index contributed by atoms with van der Waals surface area (Å²) in [4.78, 5) is 30.3. The first kappa shape index (κ1) is 23.7. The number of para-hydroxylation sites is 1. The van der Waals surface area contributed by atoms with Gasteiger partial charge in [-0.2, -0.15) is 0 Å². The number of rotatable bonds is 5. The van der Waals surface area contributed by atoms with Gasteiger partial charge in [-0.15, -0.1) is 0 Å². The molecule has 2 aromatic rings. The van der Waals surface area contributed by atoms with Crippen LogP contribution in [-0.4, -0.2) is 42.8 Å². The average molecular weight is 447 g/mol. The maximum Gasteiger partial charge on any atom is 0.241 e. The molecule has 4 nitrogen and oxygen atoms in total. The summed E-state index contributed by atoms with van der Waals surface area (Å²) in [6, 6.07) is 19.1. The summed E-state index contributed by atoms with van der Waals surface area (Å²) in [5.41, 5.74) is 3.67. The molecule has 1 unspecified atom stereocenters. The van der Waals surface area contributed by atoms with Crippen LogP contribution >= 0.6 is 0 Å². The minimum absolute atomic E-state index is 0.0436. The molecular formula is C29H38N2O2. The molecule has 2 aromatic carbocycles. The van der Waals surface area contributed by atoms with Crippen LogP contribution < -0.4 is 4.90 Å². The largest absolute Gasteiger partial charge is 0.311 e. The van der Waals surface area contributed by atoms with Crippen molar-refractivity contribution in [1.29, 1.82) is 0 Å². The van der Waals surface area contributed by atoms with Gasteiger partial charge in [-0.3, -0.25) is 14.5 Å². The van der Waals surface area contributed by atoms with Crippen molar-refractivity contribution in [2.24, 2.45) is 11.3 Å². The van der Waals surface area contributed by atoms with Gasteiger partial charge >= 0.3 is 0 Å². The molecule has 0 radical (unpaired) electrons. The van der Waals surface area contributed by atoms with Crippen LogP contribution in [0.3, 0.4) is 0 Å². The number of Topliss-reactive ketones (excluding diaryl/α,β-unsaturated/α-hetero) is 1. The van der Waals surface area contributed by atoms with E-state index in [-0.39, 0.29) is 17.2 Å². The lowest BCUT2D eigenvalue weighted by Crippen LogP contribution is -2.45. The Hall–Kier alpha value is -2.46. The zero-order valence-corrected chi connectivity index (χ0v) is 20.4. The van der Waals surface area contributed by atoms with E-state index in [1.165, 1.54) is 11.1 Å². The van der Waals surface area contributed by atoms with E-state index in [2.05, 4.69) is 74.2 Å². The molecule has 0 bridgehead atoms. The minimum Gasteiger partial charge on any atom is -0.311 e. The lowest BCUT2D eigenvalue weighted by atomic mass is 9.82. The van der Waals surface area contributed by atoms with Crippen molar-refractivity contribution in [2.75, 3.05) is 31.1 Å². The van der Waals surface area contributed by atoms with E-state index >= 15 is 0 Å². The fraction of sp³-hybridized carbons (Fsp3) is 0.517. The number of anilines is 1. The minimum atomic E-state index is 0.0436. The Morgan fingerprint density at radius 1 is 0.879 bits per heavy atom. The van der Waals surface area contributed by atoms with Crippen LogP contribution in [0.4, 0.5) is 5.69 Å². The Morgan fingerprint density at radius 3 is 2.24 bits per heavy atom. The molecule has 2 aliphatic heterocycles. The van der Waals surface area contributed by atoms with Gasteiger partial charge in [0.05, 0.1) is 6.54 Å². The van der Waals surface area contributed by atoms with E-state index in [4.69, 9.17) is 0 Å². The third-order valence-corrected chi connectivity index (χ3v) is 7.09. The molecule has 1 fully saturated rings. The van der Waals surface area contributed by atoms with Gasteiger partial charge in [0.2, 0.25) is 5.91 Å². The lowest BCUT2D eigenvalue weighted by molar-refractivity contribution is -0.126. The van der Waals surface area contributed by atoms with Gasteiger partial charge in [0.15, 0.2) is 0 Å². The molecule has 4 heteroatoms. The summed E-state index contributed by atoms with van der Waals surface area (Å²) in [7, 11) is 0. The number of hydrogen-bond donors (Lipinski definition) is 0. The molecule has 0 N–H and O–H groups in total. The summed E-state index contributed by atoms with van der Waals surface area (Å²) in [6.07, 6.45) is 4.42. The van der Waals surface area contributed by atoms with E-state index in [0.717, 1.165) is 51.0 Å². The third kappa shape index (κ3) is 5.92. The van der Waals surface area contributed by atoms with Gasteiger partial charge < -0.3 is 4.90 Å². The Kier molecular flexibility index (Phi) is 7.33. The second kappa shape index (κ2) is 10.2. The first-order valence-electron chi connectivity index (χ1n) is 12.5. The summed E-state index contributed by atoms with van der Waals surface area (Å²) in [5, 5.41) is 0. The first-order chi connectivity index (χ1) is 15.8. The number of ketones is 1. The molecule has 33 heavy (non-hydrogen) atoms. The van der Waals surface area contributed by atoms with Gasteiger partial charge in [0.25, 0.3) is 0 Å². The summed E-state index contributed by atoms with van der Waals surface area (Å²) >= 11 is 0. The molecule has 0 aliphatic carbocycles. The van der Waals surface area contributed by atoms with E-state index in [9.17, 15) is 9.59 Å². The number of hydrogen-bond acceptors (Lipinski definition) is 3. The molecule has 2 aliphatic rings. The Balaban J connectivity index is 1.42. The number of benzene rings is 2. The predicted octanol–water partition coefficient (Wildman–Crippen LogP) is 5.66. The maximum absolute atomic E-state index is 13.4. The molecular weight excluding hydrogens is 408 g/mol. The van der Waals surface area contributed by atoms with Crippen LogP contribution in [0, 0.1) is 11.3 Å². The number of fused-ring (bicyclic) bond motifs is 1. The van der Waals surface area contributed by atoms with Crippen molar-refractivity contribution < 1.29 is 9.59 Å². The van der Waals surface area contributed by atoms with Gasteiger partial charge in [0.1, 0.15) is 5.78 Å². The highest BCUT2D eigenvalue weighted by atomic mass is 16.2. The molecule has 176 valence electrons. The van der Waals surface area contributed by atoms with E-state index in [1.54, 1.807) is 0 Å². The standard InChI is InChI=1S/C29H38N2O2/c1-29(2,3)20-27(32)23-15-18-30(19-16-23)21-28(33)31-17-9-13-24(22-10-5-4-6-11-22)25-12-7-8-14-26(25)31/h4-8,10-12,14,23-24H,9,13,15-21H2,1-3H3. The second-order valence-corrected chi connectivity index (χ2v) is 11.0. The Bertz CT molecular complexity index is 955. The monoisotopic (exact) mass is 446 g/mol. The highest BCUT2D eigenvalue weighted by Crippen LogP contribution is 2.38. The number of nitrogens with zero attached hydrogens (tertiary/aromatic N) is 2. The zero-order chi connectivity index (χ0) is 23.4. The molecule has 1 atom stereocenters. The summed E-state index contributed by atoms with van der Waals surface area (Å²) < 4.78 is 0. The van der Waals surface area contributed by atoms with E-state index < -0.39 is 0 Å². The van der Waals surface area contributed by atoms with Crippen molar-refractivity contribution in [1.82, 2.24) is 4.90 Å². The molecule has 1 amide bonds. The third-order valence-electron chi connectivity index (χ3n) is 7.09. The van der Waals surface area contributed by atoms with Crippen LogP contribution in [0.15, 0.2) is 54.6 Å². The van der Waals surface area contributed by atoms with E-state index in [0.29, 0.717) is 24.7 Å². The van der Waals surface area contributed by atoms with Crippen molar-refractivity contribution in [3.63, 3.8) is 0 Å². The molecule has 2 heterocycles. The van der Waals surface area contributed by atoms with Crippen molar-refractivity contribution in [2.45, 2.75) is 58.8 Å². The number of likely N-dealkylation sites (tertiary alicyclic amines) is 1. The molecule has 0 spiro atoms. The van der Waals surface area contributed by atoms with Crippen molar-refractivity contribution in [3.8, 4) is 0 Å². The highest BCUT2D eigenvalue weighted by molar-refractivity contribution is 5.96. The van der Waals surface area contributed by atoms with Crippen LogP contribution in [0.1, 0.15) is 69.9 Å². The van der Waals surface area contributed by atoms with Crippen LogP contribution in [0.25, 0.3) is 0 Å². The average Bonchev–Trinajstić information content (AvgIpc) is 2.99. The smallest absolute Gasteiger partial charge is 0.241 e. The van der Waals surface area contributed by atoms with Crippen molar-refractivity contribution in [3.05, 3.63) is 65.7 Å². The SMILES string of the molecule is CC(C)(C)CC(=O)C1CCN(CC(=O)N2CCCC(c3ccccc3)c3ccccc32)CC1. The Labute approximate surface area is 199 Å². The molecule has 4 rings (SSSR count). The number of carbonyl (C=O) groups is 2. The highest BCUT2D eigenvalue weighted by Gasteiger charge is 2.31. The number of amides is 1. The van der Waals surface area contributed by atoms with Gasteiger partial charge in [-0.25, -0.2) is 0 Å². The topological polar surface area (TPSA) is 40.6 Å². The number of carbonyl (C=O) groups excluding carboxylic acids is 2. The Morgan fingerprint density at radius 2 is 1.55 bits per heavy atom. The maximum atomic E-state index is 13.4. The van der Waals surface area contributed by atoms with E-state index in [1.807, 2.05) is 11.0 Å². The normalized spacial score (nSPS) is 20.2. The zero-order valence-electron chi connectivity index (χ0n) is 20.4. The number of piperidine rings is 1. The van der Waals surface area contributed by atoms with Crippen LogP contribution in [0.5, 0.6) is 0 Å².